The second-order valence-electron chi connectivity index (χ2n) is 2.99. The van der Waals surface area contributed by atoms with Crippen molar-refractivity contribution in [1.82, 2.24) is 0 Å². The predicted molar refractivity (Wildman–Crippen MR) is 56.8 cm³/mol. The number of nitrogens with two attached hydrogens (primary N) is 1. The van der Waals surface area contributed by atoms with E-state index in [9.17, 15) is 4.79 Å². The van der Waals surface area contributed by atoms with E-state index in [-0.39, 0.29) is 0 Å². The maximum atomic E-state index is 10.7. The van der Waals surface area contributed by atoms with Crippen molar-refractivity contribution in [3.8, 4) is 0 Å². The van der Waals surface area contributed by atoms with Gasteiger partial charge < -0.3 is 10.8 Å². The van der Waals surface area contributed by atoms with Crippen LogP contribution in [0.5, 0.6) is 0 Å². The Morgan fingerprint density at radius 1 is 1.43 bits per heavy atom. The van der Waals surface area contributed by atoms with E-state index in [0.717, 1.165) is 5.56 Å². The molecule has 0 unspecified atom stereocenters. The minimum atomic E-state index is -0.871. The lowest BCUT2D eigenvalue weighted by Crippen LogP contribution is -1.98. The van der Waals surface area contributed by atoms with E-state index >= 15 is 0 Å². The average molecular weight is 191 g/mol. The van der Waals surface area contributed by atoms with Crippen LogP contribution in [0.4, 0.5) is 5.69 Å². The fraction of sp³-hybridized carbons (Fsp3) is 0.182. The Balaban J connectivity index is 2.95. The van der Waals surface area contributed by atoms with Crippen LogP contribution in [0.15, 0.2) is 29.8 Å². The number of carbonyl (C=O) groups is 1. The van der Waals surface area contributed by atoms with Gasteiger partial charge in [-0.15, -0.1) is 0 Å². The second-order valence-corrected chi connectivity index (χ2v) is 2.99. The summed E-state index contributed by atoms with van der Waals surface area (Å²) in [6, 6.07) is 7.10. The highest BCUT2D eigenvalue weighted by molar-refractivity contribution is 5.92. The molecule has 0 radical (unpaired) electrons. The second kappa shape index (κ2) is 4.46. The number of hydrogen-bond donors (Lipinski definition) is 2. The monoisotopic (exact) mass is 191 g/mol. The quantitative estimate of drug-likeness (QED) is 0.568. The van der Waals surface area contributed by atoms with Crippen molar-refractivity contribution in [3.63, 3.8) is 0 Å². The van der Waals surface area contributed by atoms with Gasteiger partial charge in [0.05, 0.1) is 0 Å². The number of benzene rings is 1. The zero-order valence-electron chi connectivity index (χ0n) is 8.03. The Bertz CT molecular complexity index is 352. The number of hydrogen-bond acceptors (Lipinski definition) is 2. The summed E-state index contributed by atoms with van der Waals surface area (Å²) < 4.78 is 0. The van der Waals surface area contributed by atoms with Gasteiger partial charge in [0.2, 0.25) is 0 Å². The highest BCUT2D eigenvalue weighted by atomic mass is 16.4. The summed E-state index contributed by atoms with van der Waals surface area (Å²) >= 11 is 0. The number of anilines is 1. The molecule has 1 aromatic rings. The maximum absolute atomic E-state index is 10.7. The van der Waals surface area contributed by atoms with E-state index in [1.54, 1.807) is 30.3 Å². The molecule has 0 fully saturated rings. The molecule has 0 aliphatic carbocycles. The fourth-order valence-electron chi connectivity index (χ4n) is 1.11. The highest BCUT2D eigenvalue weighted by Gasteiger charge is 2.03. The van der Waals surface area contributed by atoms with E-state index in [1.165, 1.54) is 0 Å². The number of nitrogen functional groups attached to an aromatic ring is 1. The molecule has 3 N–H and O–H groups in total. The summed E-state index contributed by atoms with van der Waals surface area (Å²) in [5.41, 5.74) is 7.45. The predicted octanol–water partition coefficient (Wildman–Crippen LogP) is 2.15. The molecule has 0 heterocycles. The van der Waals surface area contributed by atoms with Crippen molar-refractivity contribution in [2.45, 2.75) is 13.3 Å². The zero-order chi connectivity index (χ0) is 10.6. The lowest BCUT2D eigenvalue weighted by atomic mass is 10.1. The molecule has 0 atom stereocenters. The van der Waals surface area contributed by atoms with E-state index in [1.807, 2.05) is 6.92 Å². The van der Waals surface area contributed by atoms with Crippen LogP contribution in [0.2, 0.25) is 0 Å². The van der Waals surface area contributed by atoms with Gasteiger partial charge in [-0.05, 0) is 30.2 Å². The number of rotatable bonds is 3. The van der Waals surface area contributed by atoms with Crippen molar-refractivity contribution in [2.24, 2.45) is 0 Å². The maximum Gasteiger partial charge on any atom is 0.331 e. The topological polar surface area (TPSA) is 63.3 Å². The Morgan fingerprint density at radius 3 is 2.43 bits per heavy atom. The molecular weight excluding hydrogens is 178 g/mol. The van der Waals surface area contributed by atoms with Crippen LogP contribution in [0.1, 0.15) is 18.9 Å². The minimum Gasteiger partial charge on any atom is -0.478 e. The van der Waals surface area contributed by atoms with E-state index in [2.05, 4.69) is 0 Å². The summed E-state index contributed by atoms with van der Waals surface area (Å²) in [5.74, 6) is -0.871. The Morgan fingerprint density at radius 2 is 2.00 bits per heavy atom. The minimum absolute atomic E-state index is 0.398. The SMILES string of the molecule is CC/C(=C\c1ccc(N)cc1)C(=O)O. The lowest BCUT2D eigenvalue weighted by molar-refractivity contribution is -0.132. The van der Waals surface area contributed by atoms with Gasteiger partial charge in [-0.2, -0.15) is 0 Å². The largest absolute Gasteiger partial charge is 0.478 e. The molecule has 0 saturated heterocycles. The molecule has 1 aromatic carbocycles. The van der Waals surface area contributed by atoms with Crippen LogP contribution in [0.3, 0.4) is 0 Å². The molecule has 14 heavy (non-hydrogen) atoms. The molecule has 74 valence electrons. The smallest absolute Gasteiger partial charge is 0.331 e. The van der Waals surface area contributed by atoms with Crippen LogP contribution < -0.4 is 5.73 Å². The zero-order valence-corrected chi connectivity index (χ0v) is 8.03. The van der Waals surface area contributed by atoms with Gasteiger partial charge in [0.25, 0.3) is 0 Å². The van der Waals surface area contributed by atoms with Crippen molar-refractivity contribution >= 4 is 17.7 Å². The van der Waals surface area contributed by atoms with Crippen LogP contribution in [-0.2, 0) is 4.79 Å². The number of carboxylic acid groups (broad SMARTS) is 1. The summed E-state index contributed by atoms with van der Waals surface area (Å²) in [4.78, 5) is 10.7. The van der Waals surface area contributed by atoms with Crippen molar-refractivity contribution in [1.29, 1.82) is 0 Å². The average Bonchev–Trinajstić information content (AvgIpc) is 2.16. The summed E-state index contributed by atoms with van der Waals surface area (Å²) in [6.07, 6.45) is 2.17. The molecular formula is C11H13NO2. The third-order valence-corrected chi connectivity index (χ3v) is 1.93. The van der Waals surface area contributed by atoms with Gasteiger partial charge in [-0.3, -0.25) is 0 Å². The standard InChI is InChI=1S/C11H13NO2/c1-2-9(11(13)14)7-8-3-5-10(12)6-4-8/h3-7H,2,12H2,1H3,(H,13,14)/b9-7+. The van der Waals surface area contributed by atoms with Crippen molar-refractivity contribution in [2.75, 3.05) is 5.73 Å². The first-order valence-corrected chi connectivity index (χ1v) is 4.43. The van der Waals surface area contributed by atoms with Crippen molar-refractivity contribution in [3.05, 3.63) is 35.4 Å². The third kappa shape index (κ3) is 2.62. The molecule has 0 amide bonds. The molecule has 0 aliphatic heterocycles. The van der Waals surface area contributed by atoms with Gasteiger partial charge in [0, 0.05) is 11.3 Å². The van der Waals surface area contributed by atoms with Crippen LogP contribution in [0.25, 0.3) is 6.08 Å². The Labute approximate surface area is 82.9 Å². The van der Waals surface area contributed by atoms with E-state index in [0.29, 0.717) is 17.7 Å². The summed E-state index contributed by atoms with van der Waals surface area (Å²) in [5, 5.41) is 8.80. The molecule has 0 saturated carbocycles. The first-order chi connectivity index (χ1) is 6.63. The van der Waals surface area contributed by atoms with Gasteiger partial charge in [-0.25, -0.2) is 4.79 Å². The highest BCUT2D eigenvalue weighted by Crippen LogP contribution is 2.11. The molecule has 3 nitrogen and oxygen atoms in total. The molecule has 0 aromatic heterocycles. The first kappa shape index (κ1) is 10.3. The number of aliphatic carboxylic acids is 1. The van der Waals surface area contributed by atoms with Gasteiger partial charge in [0.15, 0.2) is 0 Å². The van der Waals surface area contributed by atoms with E-state index < -0.39 is 5.97 Å². The van der Waals surface area contributed by atoms with Gasteiger partial charge >= 0.3 is 5.97 Å². The normalized spacial score (nSPS) is 11.4. The first-order valence-electron chi connectivity index (χ1n) is 4.43. The molecule has 1 rings (SSSR count). The van der Waals surface area contributed by atoms with Crippen LogP contribution in [0, 0.1) is 0 Å². The molecule has 0 spiro atoms. The number of carboxylic acids is 1. The molecule has 0 aliphatic rings. The summed E-state index contributed by atoms with van der Waals surface area (Å²) in [6.45, 7) is 1.82. The lowest BCUT2D eigenvalue weighted by Gasteiger charge is -1.99. The van der Waals surface area contributed by atoms with Crippen LogP contribution in [-0.4, -0.2) is 11.1 Å². The van der Waals surface area contributed by atoms with Crippen LogP contribution >= 0.6 is 0 Å². The molecule has 3 heteroatoms. The van der Waals surface area contributed by atoms with E-state index in [4.69, 9.17) is 10.8 Å². The Kier molecular flexibility index (Phi) is 3.29. The molecule has 0 bridgehead atoms. The van der Waals surface area contributed by atoms with Gasteiger partial charge in [0.1, 0.15) is 0 Å². The van der Waals surface area contributed by atoms with Crippen molar-refractivity contribution < 1.29 is 9.90 Å². The summed E-state index contributed by atoms with van der Waals surface area (Å²) in [7, 11) is 0. The van der Waals surface area contributed by atoms with Gasteiger partial charge in [-0.1, -0.05) is 19.1 Å². The Hall–Kier alpha value is -1.77. The third-order valence-electron chi connectivity index (χ3n) is 1.93. The fourth-order valence-corrected chi connectivity index (χ4v) is 1.11.